The number of hydrogen-bond acceptors (Lipinski definition) is 4. The summed E-state index contributed by atoms with van der Waals surface area (Å²) in [7, 11) is -3.44. The molecule has 0 fully saturated rings. The maximum Gasteiger partial charge on any atom is 0.265 e. The molecular weight excluding hydrogens is 226 g/mol. The van der Waals surface area contributed by atoms with E-state index in [9.17, 15) is 8.42 Å². The lowest BCUT2D eigenvalue weighted by molar-refractivity contribution is 0.205. The third kappa shape index (κ3) is 5.85. The van der Waals surface area contributed by atoms with Crippen molar-refractivity contribution in [1.29, 1.82) is 0 Å². The Morgan fingerprint density at radius 2 is 1.94 bits per heavy atom. The van der Waals surface area contributed by atoms with Crippen LogP contribution in [-0.2, 0) is 20.7 Å². The largest absolute Gasteiger partial charge is 0.305 e. The van der Waals surface area contributed by atoms with E-state index < -0.39 is 16.3 Å². The van der Waals surface area contributed by atoms with Gasteiger partial charge in [0.1, 0.15) is 6.23 Å². The van der Waals surface area contributed by atoms with Gasteiger partial charge in [-0.15, -0.1) is 0 Å². The Bertz CT molecular complexity index is 402. The van der Waals surface area contributed by atoms with E-state index in [-0.39, 0.29) is 0 Å². The second-order valence-electron chi connectivity index (χ2n) is 3.72. The number of benzene rings is 1. The zero-order valence-electron chi connectivity index (χ0n) is 9.30. The molecule has 4 nitrogen and oxygen atoms in total. The van der Waals surface area contributed by atoms with Crippen LogP contribution in [-0.4, -0.2) is 20.9 Å². The fourth-order valence-corrected chi connectivity index (χ4v) is 1.97. The van der Waals surface area contributed by atoms with Gasteiger partial charge in [0.25, 0.3) is 10.1 Å². The first-order valence-electron chi connectivity index (χ1n) is 5.15. The molecular formula is C11H17NO3S. The van der Waals surface area contributed by atoms with Crippen molar-refractivity contribution in [2.45, 2.75) is 25.5 Å². The van der Waals surface area contributed by atoms with Crippen molar-refractivity contribution in [1.82, 2.24) is 0 Å². The van der Waals surface area contributed by atoms with E-state index in [2.05, 4.69) is 4.18 Å². The van der Waals surface area contributed by atoms with E-state index in [0.717, 1.165) is 19.1 Å². The first-order valence-corrected chi connectivity index (χ1v) is 6.97. The fraction of sp³-hybridized carbons (Fsp3) is 0.455. The highest BCUT2D eigenvalue weighted by Gasteiger charge is 2.09. The van der Waals surface area contributed by atoms with Crippen molar-refractivity contribution in [3.63, 3.8) is 0 Å². The maximum atomic E-state index is 10.8. The van der Waals surface area contributed by atoms with Gasteiger partial charge in [0, 0.05) is 0 Å². The van der Waals surface area contributed by atoms with Gasteiger partial charge in [-0.3, -0.25) is 4.18 Å². The third-order valence-corrected chi connectivity index (χ3v) is 2.69. The average molecular weight is 243 g/mol. The van der Waals surface area contributed by atoms with Crippen LogP contribution >= 0.6 is 0 Å². The molecule has 1 atom stereocenters. The predicted octanol–water partition coefficient (Wildman–Crippen LogP) is 1.27. The molecule has 0 radical (unpaired) electrons. The molecule has 1 aromatic rings. The van der Waals surface area contributed by atoms with Crippen molar-refractivity contribution in [2.75, 3.05) is 6.26 Å². The number of aryl methyl sites for hydroxylation is 1. The number of nitrogens with two attached hydrogens (primary N) is 1. The third-order valence-electron chi connectivity index (χ3n) is 2.10. The topological polar surface area (TPSA) is 69.4 Å². The van der Waals surface area contributed by atoms with Gasteiger partial charge in [-0.1, -0.05) is 30.3 Å². The molecule has 0 aromatic heterocycles. The molecule has 0 saturated heterocycles. The van der Waals surface area contributed by atoms with Gasteiger partial charge >= 0.3 is 0 Å². The van der Waals surface area contributed by atoms with Crippen molar-refractivity contribution in [3.05, 3.63) is 35.9 Å². The van der Waals surface area contributed by atoms with Gasteiger partial charge < -0.3 is 5.73 Å². The molecule has 0 aliphatic carbocycles. The van der Waals surface area contributed by atoms with E-state index in [4.69, 9.17) is 5.73 Å². The summed E-state index contributed by atoms with van der Waals surface area (Å²) >= 11 is 0. The van der Waals surface area contributed by atoms with Gasteiger partial charge in [0.15, 0.2) is 0 Å². The van der Waals surface area contributed by atoms with Crippen molar-refractivity contribution in [2.24, 2.45) is 5.73 Å². The molecule has 90 valence electrons. The van der Waals surface area contributed by atoms with Crippen LogP contribution in [0, 0.1) is 0 Å². The van der Waals surface area contributed by atoms with Crippen LogP contribution in [0.4, 0.5) is 0 Å². The molecule has 0 amide bonds. The molecule has 0 saturated carbocycles. The van der Waals surface area contributed by atoms with Crippen LogP contribution in [0.5, 0.6) is 0 Å². The minimum absolute atomic E-state index is 0.530. The quantitative estimate of drug-likeness (QED) is 0.603. The molecule has 2 N–H and O–H groups in total. The van der Waals surface area contributed by atoms with Crippen molar-refractivity contribution < 1.29 is 12.6 Å². The van der Waals surface area contributed by atoms with E-state index in [0.29, 0.717) is 6.42 Å². The summed E-state index contributed by atoms with van der Waals surface area (Å²) in [4.78, 5) is 0. The Kier molecular flexibility index (Phi) is 4.92. The minimum Gasteiger partial charge on any atom is -0.305 e. The van der Waals surface area contributed by atoms with Crippen LogP contribution in [0.1, 0.15) is 18.4 Å². The van der Waals surface area contributed by atoms with Gasteiger partial charge in [-0.05, 0) is 24.8 Å². The lowest BCUT2D eigenvalue weighted by atomic mass is 10.1. The maximum absolute atomic E-state index is 10.8. The minimum atomic E-state index is -3.44. The molecule has 0 bridgehead atoms. The molecule has 0 aliphatic rings. The van der Waals surface area contributed by atoms with Crippen molar-refractivity contribution >= 4 is 10.1 Å². The fourth-order valence-electron chi connectivity index (χ4n) is 1.42. The molecule has 5 heteroatoms. The first kappa shape index (κ1) is 13.2. The summed E-state index contributed by atoms with van der Waals surface area (Å²) in [6, 6.07) is 9.97. The molecule has 1 rings (SSSR count). The Labute approximate surface area is 96.5 Å². The van der Waals surface area contributed by atoms with Gasteiger partial charge in [-0.2, -0.15) is 8.42 Å². The number of rotatable bonds is 6. The molecule has 0 aliphatic heterocycles. The van der Waals surface area contributed by atoms with Crippen LogP contribution in [0.15, 0.2) is 30.3 Å². The monoisotopic (exact) mass is 243 g/mol. The summed E-state index contributed by atoms with van der Waals surface area (Å²) in [5.74, 6) is 0. The van der Waals surface area contributed by atoms with Crippen LogP contribution in [0.2, 0.25) is 0 Å². The molecule has 1 aromatic carbocycles. The van der Waals surface area contributed by atoms with Crippen molar-refractivity contribution in [3.8, 4) is 0 Å². The first-order chi connectivity index (χ1) is 7.47. The standard InChI is InChI=1S/C11H17NO3S/c1-16(13,14)15-11(12)9-5-8-10-6-3-2-4-7-10/h2-4,6-7,11H,5,8-9,12H2,1H3. The average Bonchev–Trinajstić information content (AvgIpc) is 2.16. The highest BCUT2D eigenvalue weighted by molar-refractivity contribution is 7.86. The van der Waals surface area contributed by atoms with E-state index in [1.54, 1.807) is 0 Å². The Balaban J connectivity index is 2.26. The Morgan fingerprint density at radius 3 is 2.50 bits per heavy atom. The summed E-state index contributed by atoms with van der Waals surface area (Å²) in [6.07, 6.45) is 2.48. The number of hydrogen-bond donors (Lipinski definition) is 1. The summed E-state index contributed by atoms with van der Waals surface area (Å²) in [5, 5.41) is 0. The lowest BCUT2D eigenvalue weighted by Gasteiger charge is -2.10. The summed E-state index contributed by atoms with van der Waals surface area (Å²) in [6.45, 7) is 0. The molecule has 0 spiro atoms. The van der Waals surface area contributed by atoms with Crippen LogP contribution < -0.4 is 5.73 Å². The highest BCUT2D eigenvalue weighted by atomic mass is 32.2. The van der Waals surface area contributed by atoms with E-state index in [1.807, 2.05) is 30.3 Å². The van der Waals surface area contributed by atoms with E-state index in [1.165, 1.54) is 5.56 Å². The Morgan fingerprint density at radius 1 is 1.31 bits per heavy atom. The van der Waals surface area contributed by atoms with Gasteiger partial charge in [-0.25, -0.2) is 0 Å². The molecule has 0 heterocycles. The van der Waals surface area contributed by atoms with Crippen LogP contribution in [0.3, 0.4) is 0 Å². The van der Waals surface area contributed by atoms with Crippen LogP contribution in [0.25, 0.3) is 0 Å². The Hall–Kier alpha value is -0.910. The highest BCUT2D eigenvalue weighted by Crippen LogP contribution is 2.07. The second kappa shape index (κ2) is 5.98. The lowest BCUT2D eigenvalue weighted by Crippen LogP contribution is -2.26. The molecule has 16 heavy (non-hydrogen) atoms. The van der Waals surface area contributed by atoms with E-state index >= 15 is 0 Å². The normalized spacial score (nSPS) is 13.6. The zero-order chi connectivity index (χ0) is 12.0. The predicted molar refractivity (Wildman–Crippen MR) is 63.3 cm³/mol. The SMILES string of the molecule is CS(=O)(=O)OC(N)CCCc1ccccc1. The van der Waals surface area contributed by atoms with Gasteiger partial charge in [0.2, 0.25) is 0 Å². The smallest absolute Gasteiger partial charge is 0.265 e. The summed E-state index contributed by atoms with van der Waals surface area (Å²) in [5.41, 5.74) is 6.74. The zero-order valence-corrected chi connectivity index (χ0v) is 10.1. The summed E-state index contributed by atoms with van der Waals surface area (Å²) < 4.78 is 26.2. The van der Waals surface area contributed by atoms with Gasteiger partial charge in [0.05, 0.1) is 6.26 Å². The second-order valence-corrected chi connectivity index (χ2v) is 5.32. The molecule has 1 unspecified atom stereocenters.